The fourth-order valence-corrected chi connectivity index (χ4v) is 3.60. The number of hydrogen-bond donors (Lipinski definition) is 0. The van der Waals surface area contributed by atoms with Crippen molar-refractivity contribution in [3.63, 3.8) is 0 Å². The summed E-state index contributed by atoms with van der Waals surface area (Å²) in [6.07, 6.45) is -4.44. The molecule has 1 aliphatic rings. The third-order valence-electron chi connectivity index (χ3n) is 3.15. The number of aliphatic imine (C=N–C) groups is 1. The fourth-order valence-electron chi connectivity index (χ4n) is 2.10. The minimum atomic E-state index is -4.44. The summed E-state index contributed by atoms with van der Waals surface area (Å²) in [4.78, 5) is 18.7. The molecule has 120 valence electrons. The van der Waals surface area contributed by atoms with Crippen LogP contribution in [0.2, 0.25) is 0 Å². The second kappa shape index (κ2) is 6.37. The molecule has 0 bridgehead atoms. The molecule has 1 amide bonds. The van der Waals surface area contributed by atoms with Gasteiger partial charge < -0.3 is 0 Å². The van der Waals surface area contributed by atoms with E-state index in [0.717, 1.165) is 17.0 Å². The van der Waals surface area contributed by atoms with Crippen molar-refractivity contribution in [1.29, 1.82) is 0 Å². The fraction of sp³-hybridized carbons (Fsp3) is 0.200. The van der Waals surface area contributed by atoms with E-state index in [4.69, 9.17) is 0 Å². The standard InChI is InChI=1S/C15H11F3N2OS2/c16-15(17,18)10-3-1-4-11(7-10)20-13(21)9-23-14(20)19-8-12-5-2-6-22-12/h1-7H,8-9H2. The van der Waals surface area contributed by atoms with Crippen LogP contribution in [-0.4, -0.2) is 16.8 Å². The highest BCUT2D eigenvalue weighted by molar-refractivity contribution is 8.15. The Kier molecular flexibility index (Phi) is 4.45. The second-order valence-corrected chi connectivity index (χ2v) is 6.72. The van der Waals surface area contributed by atoms with E-state index in [9.17, 15) is 18.0 Å². The van der Waals surface area contributed by atoms with Gasteiger partial charge in [-0.15, -0.1) is 11.3 Å². The maximum absolute atomic E-state index is 12.8. The number of anilines is 1. The predicted molar refractivity (Wildman–Crippen MR) is 86.8 cm³/mol. The summed E-state index contributed by atoms with van der Waals surface area (Å²) < 4.78 is 38.5. The van der Waals surface area contributed by atoms with Crippen molar-refractivity contribution in [3.8, 4) is 0 Å². The lowest BCUT2D eigenvalue weighted by molar-refractivity contribution is -0.137. The highest BCUT2D eigenvalue weighted by atomic mass is 32.2. The summed E-state index contributed by atoms with van der Waals surface area (Å²) in [5.74, 6) is -0.0845. The van der Waals surface area contributed by atoms with E-state index in [1.165, 1.54) is 28.8 Å². The molecule has 0 unspecified atom stereocenters. The van der Waals surface area contributed by atoms with E-state index in [0.29, 0.717) is 11.7 Å². The molecule has 0 radical (unpaired) electrons. The Morgan fingerprint density at radius 2 is 2.04 bits per heavy atom. The number of rotatable bonds is 3. The first-order chi connectivity index (χ1) is 10.9. The number of amides is 1. The Labute approximate surface area is 138 Å². The summed E-state index contributed by atoms with van der Waals surface area (Å²) >= 11 is 2.78. The van der Waals surface area contributed by atoms with Crippen molar-refractivity contribution in [2.75, 3.05) is 10.7 Å². The molecule has 3 rings (SSSR count). The SMILES string of the molecule is O=C1CSC(=NCc2cccs2)N1c1cccc(C(F)(F)F)c1. The van der Waals surface area contributed by atoms with E-state index in [1.807, 2.05) is 17.5 Å². The second-order valence-electron chi connectivity index (χ2n) is 4.74. The highest BCUT2D eigenvalue weighted by Gasteiger charge is 2.34. The smallest absolute Gasteiger partial charge is 0.273 e. The van der Waals surface area contributed by atoms with Crippen LogP contribution >= 0.6 is 23.1 Å². The van der Waals surface area contributed by atoms with Gasteiger partial charge in [-0.25, -0.2) is 0 Å². The van der Waals surface area contributed by atoms with Gasteiger partial charge in [0, 0.05) is 4.88 Å². The Morgan fingerprint density at radius 1 is 1.22 bits per heavy atom. The zero-order chi connectivity index (χ0) is 16.4. The first-order valence-electron chi connectivity index (χ1n) is 6.65. The van der Waals surface area contributed by atoms with Crippen molar-refractivity contribution >= 4 is 39.9 Å². The Balaban J connectivity index is 1.89. The first kappa shape index (κ1) is 16.1. The number of benzene rings is 1. The molecule has 0 aliphatic carbocycles. The number of amidine groups is 1. The number of hydrogen-bond acceptors (Lipinski definition) is 4. The lowest BCUT2D eigenvalue weighted by Crippen LogP contribution is -2.29. The zero-order valence-electron chi connectivity index (χ0n) is 11.7. The quantitative estimate of drug-likeness (QED) is 0.816. The van der Waals surface area contributed by atoms with E-state index < -0.39 is 11.7 Å². The van der Waals surface area contributed by atoms with Gasteiger partial charge in [0.15, 0.2) is 5.17 Å². The lowest BCUT2D eigenvalue weighted by atomic mass is 10.2. The minimum Gasteiger partial charge on any atom is -0.273 e. The zero-order valence-corrected chi connectivity index (χ0v) is 13.3. The number of carbonyl (C=O) groups excluding carboxylic acids is 1. The molecule has 1 aliphatic heterocycles. The molecular weight excluding hydrogens is 345 g/mol. The van der Waals surface area contributed by atoms with Crippen LogP contribution in [0.25, 0.3) is 0 Å². The van der Waals surface area contributed by atoms with Crippen LogP contribution in [0.3, 0.4) is 0 Å². The molecule has 3 nitrogen and oxygen atoms in total. The molecular formula is C15H11F3N2OS2. The maximum Gasteiger partial charge on any atom is 0.416 e. The van der Waals surface area contributed by atoms with Crippen LogP contribution in [0, 0.1) is 0 Å². The van der Waals surface area contributed by atoms with Crippen LogP contribution in [0.15, 0.2) is 46.8 Å². The molecule has 23 heavy (non-hydrogen) atoms. The predicted octanol–water partition coefficient (Wildman–Crippen LogP) is 4.40. The van der Waals surface area contributed by atoms with Crippen molar-refractivity contribution in [1.82, 2.24) is 0 Å². The third-order valence-corrected chi connectivity index (χ3v) is 4.97. The van der Waals surface area contributed by atoms with Crippen molar-refractivity contribution < 1.29 is 18.0 Å². The highest BCUT2D eigenvalue weighted by Crippen LogP contribution is 2.34. The van der Waals surface area contributed by atoms with Gasteiger partial charge >= 0.3 is 6.18 Å². The van der Waals surface area contributed by atoms with Crippen LogP contribution < -0.4 is 4.90 Å². The number of alkyl halides is 3. The summed E-state index contributed by atoms with van der Waals surface area (Å²) in [6, 6.07) is 8.57. The number of carbonyl (C=O) groups is 1. The van der Waals surface area contributed by atoms with Gasteiger partial charge in [0.05, 0.1) is 23.5 Å². The lowest BCUT2D eigenvalue weighted by Gasteiger charge is -2.17. The minimum absolute atomic E-state index is 0.180. The van der Waals surface area contributed by atoms with Crippen LogP contribution in [-0.2, 0) is 17.5 Å². The number of thiophene rings is 1. The number of nitrogens with zero attached hydrogens (tertiary/aromatic N) is 2. The normalized spacial score (nSPS) is 17.3. The molecule has 2 aromatic rings. The molecule has 0 spiro atoms. The molecule has 1 aromatic carbocycles. The van der Waals surface area contributed by atoms with Crippen molar-refractivity contribution in [2.24, 2.45) is 4.99 Å². The molecule has 8 heteroatoms. The molecule has 0 N–H and O–H groups in total. The van der Waals surface area contributed by atoms with E-state index >= 15 is 0 Å². The van der Waals surface area contributed by atoms with Gasteiger partial charge in [-0.3, -0.25) is 14.7 Å². The van der Waals surface area contributed by atoms with Gasteiger partial charge in [0.1, 0.15) is 0 Å². The number of halogens is 3. The van der Waals surface area contributed by atoms with Crippen molar-refractivity contribution in [2.45, 2.75) is 12.7 Å². The third kappa shape index (κ3) is 3.59. The Morgan fingerprint density at radius 3 is 2.74 bits per heavy atom. The molecule has 2 heterocycles. The van der Waals surface area contributed by atoms with Crippen LogP contribution in [0.5, 0.6) is 0 Å². The molecule has 1 saturated heterocycles. The molecule has 0 saturated carbocycles. The van der Waals surface area contributed by atoms with E-state index in [2.05, 4.69) is 4.99 Å². The van der Waals surface area contributed by atoms with Crippen LogP contribution in [0.4, 0.5) is 18.9 Å². The molecule has 1 fully saturated rings. The van der Waals surface area contributed by atoms with Gasteiger partial charge in [-0.2, -0.15) is 13.2 Å². The topological polar surface area (TPSA) is 32.7 Å². The summed E-state index contributed by atoms with van der Waals surface area (Å²) in [7, 11) is 0. The van der Waals surface area contributed by atoms with Gasteiger partial charge in [0.2, 0.25) is 5.91 Å². The van der Waals surface area contributed by atoms with Gasteiger partial charge in [-0.05, 0) is 29.6 Å². The first-order valence-corrected chi connectivity index (χ1v) is 8.51. The molecule has 0 atom stereocenters. The van der Waals surface area contributed by atoms with E-state index in [1.54, 1.807) is 11.3 Å². The molecule has 1 aromatic heterocycles. The van der Waals surface area contributed by atoms with Gasteiger partial charge in [0.25, 0.3) is 0 Å². The summed E-state index contributed by atoms with van der Waals surface area (Å²) in [5.41, 5.74) is -0.586. The number of thioether (sulfide) groups is 1. The van der Waals surface area contributed by atoms with Crippen LogP contribution in [0.1, 0.15) is 10.4 Å². The maximum atomic E-state index is 12.8. The Hall–Kier alpha value is -1.80. The summed E-state index contributed by atoms with van der Waals surface area (Å²) in [5, 5.41) is 2.36. The Bertz CT molecular complexity index is 741. The monoisotopic (exact) mass is 356 g/mol. The largest absolute Gasteiger partial charge is 0.416 e. The summed E-state index contributed by atoms with van der Waals surface area (Å²) in [6.45, 7) is 0.405. The average molecular weight is 356 g/mol. The van der Waals surface area contributed by atoms with Gasteiger partial charge in [-0.1, -0.05) is 23.9 Å². The van der Waals surface area contributed by atoms with E-state index in [-0.39, 0.29) is 17.3 Å². The van der Waals surface area contributed by atoms with Crippen molar-refractivity contribution in [3.05, 3.63) is 52.2 Å². The average Bonchev–Trinajstić information content (AvgIpc) is 3.14.